The Labute approximate surface area is 228 Å². The molecule has 6 aromatic rings. The smallest absolute Gasteiger partial charge is 0.133 e. The number of halogens is 2. The van der Waals surface area contributed by atoms with E-state index < -0.39 is 0 Å². The molecule has 0 aromatic heterocycles. The minimum absolute atomic E-state index is 0. The molecule has 3 heteroatoms. The quantitative estimate of drug-likeness (QED) is 0.229. The first-order valence-electron chi connectivity index (χ1n) is 13.2. The van der Waals surface area contributed by atoms with Crippen molar-refractivity contribution in [3.8, 4) is 0 Å². The molecule has 0 radical (unpaired) electrons. The van der Waals surface area contributed by atoms with Gasteiger partial charge in [0.05, 0.1) is 0 Å². The van der Waals surface area contributed by atoms with Crippen molar-refractivity contribution in [2.45, 2.75) is 32.1 Å². The van der Waals surface area contributed by atoms with Gasteiger partial charge in [0.2, 0.25) is 0 Å². The van der Waals surface area contributed by atoms with Gasteiger partial charge in [-0.2, -0.15) is 0 Å². The van der Waals surface area contributed by atoms with E-state index in [1.165, 1.54) is 45.7 Å². The van der Waals surface area contributed by atoms with Crippen LogP contribution in [0.4, 0.5) is 15.8 Å². The molecule has 0 spiro atoms. The summed E-state index contributed by atoms with van der Waals surface area (Å²) in [6.45, 7) is 0. The average molecular weight is 518 g/mol. The number of hydrogen-bond acceptors (Lipinski definition) is 1. The van der Waals surface area contributed by atoms with Crippen LogP contribution in [0, 0.1) is 5.82 Å². The van der Waals surface area contributed by atoms with Crippen molar-refractivity contribution in [2.75, 3.05) is 5.32 Å². The lowest BCUT2D eigenvalue weighted by Gasteiger charge is -2.21. The highest BCUT2D eigenvalue weighted by atomic mass is 35.5. The van der Waals surface area contributed by atoms with E-state index in [-0.39, 0.29) is 18.2 Å². The normalized spacial score (nSPS) is 12.9. The van der Waals surface area contributed by atoms with Gasteiger partial charge in [0.1, 0.15) is 5.82 Å². The molecule has 0 heterocycles. The van der Waals surface area contributed by atoms with Gasteiger partial charge in [-0.1, -0.05) is 91.0 Å². The lowest BCUT2D eigenvalue weighted by atomic mass is 9.86. The van der Waals surface area contributed by atoms with Crippen LogP contribution in [0.1, 0.15) is 35.1 Å². The van der Waals surface area contributed by atoms with Crippen LogP contribution < -0.4 is 5.32 Å². The number of anilines is 2. The van der Waals surface area contributed by atoms with Crippen molar-refractivity contribution in [3.05, 3.63) is 131 Å². The fourth-order valence-electron chi connectivity index (χ4n) is 6.17. The second kappa shape index (κ2) is 10.1. The molecule has 7 rings (SSSR count). The van der Waals surface area contributed by atoms with E-state index in [0.29, 0.717) is 5.39 Å². The third-order valence-electron chi connectivity index (χ3n) is 7.97. The third-order valence-corrected chi connectivity index (χ3v) is 7.97. The zero-order chi connectivity index (χ0) is 24.8. The Morgan fingerprint density at radius 1 is 0.579 bits per heavy atom. The Balaban J connectivity index is 0.00000264. The highest BCUT2D eigenvalue weighted by molar-refractivity contribution is 6.14. The number of benzene rings is 6. The largest absolute Gasteiger partial charge is 0.355 e. The summed E-state index contributed by atoms with van der Waals surface area (Å²) in [6.07, 6.45) is 5.49. The summed E-state index contributed by atoms with van der Waals surface area (Å²) < 4.78 is 15.4. The topological polar surface area (TPSA) is 12.0 Å². The maximum Gasteiger partial charge on any atom is 0.133 e. The molecule has 1 aliphatic rings. The van der Waals surface area contributed by atoms with Gasteiger partial charge in [-0.25, -0.2) is 4.39 Å². The van der Waals surface area contributed by atoms with E-state index in [1.807, 2.05) is 30.3 Å². The number of nitrogens with one attached hydrogen (secondary N) is 1. The SMILES string of the molecule is Cl.Fc1cc(Nc2cc3c4c(ccc3c3ccccc23)CCCC4)c(Cc2ccccc2)c2ccccc12. The van der Waals surface area contributed by atoms with Gasteiger partial charge in [-0.15, -0.1) is 12.4 Å². The predicted molar refractivity (Wildman–Crippen MR) is 162 cm³/mol. The van der Waals surface area contributed by atoms with Crippen LogP contribution in [-0.4, -0.2) is 0 Å². The van der Waals surface area contributed by atoms with Crippen molar-refractivity contribution in [2.24, 2.45) is 0 Å². The molecule has 0 atom stereocenters. The van der Waals surface area contributed by atoms with Gasteiger partial charge in [0, 0.05) is 28.6 Å². The van der Waals surface area contributed by atoms with Gasteiger partial charge >= 0.3 is 0 Å². The molecule has 38 heavy (non-hydrogen) atoms. The Morgan fingerprint density at radius 2 is 1.24 bits per heavy atom. The summed E-state index contributed by atoms with van der Waals surface area (Å²) in [5, 5.41) is 10.4. The molecule has 0 bridgehead atoms. The third kappa shape index (κ3) is 4.19. The monoisotopic (exact) mass is 517 g/mol. The van der Waals surface area contributed by atoms with Crippen LogP contribution in [0.25, 0.3) is 32.3 Å². The standard InChI is InChI=1S/C35H28FN.ClH/c36-33-22-35(32(20-23-10-2-1-3-11-23)27-15-6-8-16-29(27)33)37-34-21-31-25-13-5-4-12-24(25)18-19-28(31)26-14-7-9-17-30(26)34;/h1-3,6-11,14-19,21-22,37H,4-5,12-13,20H2;1H. The molecule has 0 unspecified atom stereocenters. The fraction of sp³-hybridized carbons (Fsp3) is 0.143. The lowest BCUT2D eigenvalue weighted by Crippen LogP contribution is -2.04. The molecule has 0 fully saturated rings. The van der Waals surface area contributed by atoms with E-state index in [0.717, 1.165) is 47.0 Å². The molecular weight excluding hydrogens is 489 g/mol. The van der Waals surface area contributed by atoms with Gasteiger partial charge in [-0.3, -0.25) is 0 Å². The summed E-state index contributed by atoms with van der Waals surface area (Å²) in [6, 6.07) is 35.4. The van der Waals surface area contributed by atoms with Gasteiger partial charge < -0.3 is 5.32 Å². The van der Waals surface area contributed by atoms with Crippen molar-refractivity contribution in [3.63, 3.8) is 0 Å². The van der Waals surface area contributed by atoms with Crippen LogP contribution >= 0.6 is 12.4 Å². The van der Waals surface area contributed by atoms with E-state index in [4.69, 9.17) is 0 Å². The van der Waals surface area contributed by atoms with Gasteiger partial charge in [0.25, 0.3) is 0 Å². The average Bonchev–Trinajstić information content (AvgIpc) is 2.95. The molecule has 188 valence electrons. The summed E-state index contributed by atoms with van der Waals surface area (Å²) in [5.74, 6) is -0.197. The Morgan fingerprint density at radius 3 is 2.05 bits per heavy atom. The predicted octanol–water partition coefficient (Wildman–Crippen LogP) is 9.92. The highest BCUT2D eigenvalue weighted by Crippen LogP contribution is 2.40. The summed E-state index contributed by atoms with van der Waals surface area (Å²) in [4.78, 5) is 0. The summed E-state index contributed by atoms with van der Waals surface area (Å²) >= 11 is 0. The van der Waals surface area contributed by atoms with Crippen LogP contribution in [-0.2, 0) is 19.3 Å². The number of aryl methyl sites for hydroxylation is 2. The van der Waals surface area contributed by atoms with E-state index in [9.17, 15) is 0 Å². The summed E-state index contributed by atoms with van der Waals surface area (Å²) in [7, 11) is 0. The van der Waals surface area contributed by atoms with Crippen molar-refractivity contribution in [1.82, 2.24) is 0 Å². The molecule has 6 aromatic carbocycles. The Kier molecular flexibility index (Phi) is 6.51. The lowest BCUT2D eigenvalue weighted by molar-refractivity contribution is 0.640. The van der Waals surface area contributed by atoms with Crippen molar-refractivity contribution < 1.29 is 4.39 Å². The van der Waals surface area contributed by atoms with Crippen molar-refractivity contribution in [1.29, 1.82) is 0 Å². The Bertz CT molecular complexity index is 1790. The summed E-state index contributed by atoms with van der Waals surface area (Å²) in [5.41, 5.74) is 7.14. The van der Waals surface area contributed by atoms with Crippen molar-refractivity contribution >= 4 is 56.1 Å². The number of fused-ring (bicyclic) bond motifs is 6. The molecule has 0 saturated carbocycles. The number of hydrogen-bond donors (Lipinski definition) is 1. The second-order valence-corrected chi connectivity index (χ2v) is 10.2. The first-order chi connectivity index (χ1) is 18.3. The highest BCUT2D eigenvalue weighted by Gasteiger charge is 2.18. The first kappa shape index (κ1) is 24.5. The van der Waals surface area contributed by atoms with Gasteiger partial charge in [0.15, 0.2) is 0 Å². The second-order valence-electron chi connectivity index (χ2n) is 10.2. The van der Waals surface area contributed by atoms with Crippen LogP contribution in [0.2, 0.25) is 0 Å². The molecule has 0 aliphatic heterocycles. The molecule has 0 amide bonds. The van der Waals surface area contributed by atoms with Crippen LogP contribution in [0.15, 0.2) is 103 Å². The minimum atomic E-state index is -0.197. The molecular formula is C35H29ClFN. The van der Waals surface area contributed by atoms with E-state index >= 15 is 4.39 Å². The fourth-order valence-corrected chi connectivity index (χ4v) is 6.17. The van der Waals surface area contributed by atoms with E-state index in [1.54, 1.807) is 6.07 Å². The zero-order valence-electron chi connectivity index (χ0n) is 21.1. The first-order valence-corrected chi connectivity index (χ1v) is 13.2. The van der Waals surface area contributed by atoms with Crippen LogP contribution in [0.5, 0.6) is 0 Å². The van der Waals surface area contributed by atoms with Crippen LogP contribution in [0.3, 0.4) is 0 Å². The molecule has 1 aliphatic carbocycles. The molecule has 1 nitrogen and oxygen atoms in total. The maximum atomic E-state index is 15.4. The minimum Gasteiger partial charge on any atom is -0.355 e. The number of rotatable bonds is 4. The zero-order valence-corrected chi connectivity index (χ0v) is 22.0. The van der Waals surface area contributed by atoms with E-state index in [2.05, 4.69) is 72.0 Å². The van der Waals surface area contributed by atoms with Gasteiger partial charge in [-0.05, 0) is 81.6 Å². The molecule has 0 saturated heterocycles. The maximum absolute atomic E-state index is 15.4. The molecule has 1 N–H and O–H groups in total. The Hall–Kier alpha value is -3.88.